The molecule has 0 heterocycles. The van der Waals surface area contributed by atoms with E-state index < -0.39 is 79.9 Å². The standard InChI is InChI=1S/C32H46F9O5SSi2/c1-26(2,3)19-12-14-21(23(17-19)45-48(8)9)22-16-20-13-15-25(46-49(10,11)27(4,5)6)28(20,7)18-24(22)44-47(42,43)32(40,41)30(35,36)29(33,34)31(37,38)39/h12,14,17,20,25H,13,15-16,18H2,1-11H3/t20-,25-,28-/m0/s1. The Morgan fingerprint density at radius 3 is 1.90 bits per heavy atom. The molecule has 0 unspecified atom stereocenters. The van der Waals surface area contributed by atoms with Gasteiger partial charge >= 0.3 is 33.4 Å². The fourth-order valence-corrected chi connectivity index (χ4v) is 9.02. The van der Waals surface area contributed by atoms with Gasteiger partial charge in [0.2, 0.25) is 0 Å². The SMILES string of the molecule is C[Si](C)Oc1cc(C(C)(C)C)ccc1C1=C(OS(=O)(=O)C(F)(F)C(F)(F)C(F)(F)C(F)(F)F)C[C@@]2(C)[C@@H](CC[C@@H]2O[Si](C)(C)C(C)(C)C)C1. The quantitative estimate of drug-likeness (QED) is 0.135. The van der Waals surface area contributed by atoms with Crippen molar-refractivity contribution in [3.8, 4) is 5.75 Å². The Bertz CT molecular complexity index is 1540. The van der Waals surface area contributed by atoms with Gasteiger partial charge in [0.05, 0.1) is 6.10 Å². The summed E-state index contributed by atoms with van der Waals surface area (Å²) < 4.78 is 169. The minimum atomic E-state index is -7.43. The lowest BCUT2D eigenvalue weighted by molar-refractivity contribution is -0.382. The van der Waals surface area contributed by atoms with E-state index in [1.807, 2.05) is 54.6 Å². The van der Waals surface area contributed by atoms with Crippen LogP contribution in [0.1, 0.15) is 85.3 Å². The topological polar surface area (TPSA) is 61.8 Å². The van der Waals surface area contributed by atoms with Gasteiger partial charge < -0.3 is 13.0 Å². The smallest absolute Gasteiger partial charge is 0.460 e. The molecule has 3 rings (SSSR count). The summed E-state index contributed by atoms with van der Waals surface area (Å²) >= 11 is 0. The zero-order valence-electron chi connectivity index (χ0n) is 29.6. The Hall–Kier alpha value is -1.73. The Labute approximate surface area is 285 Å². The second-order valence-electron chi connectivity index (χ2n) is 16.1. The highest BCUT2D eigenvalue weighted by atomic mass is 32.2. The molecule has 5 nitrogen and oxygen atoms in total. The van der Waals surface area contributed by atoms with Gasteiger partial charge in [-0.05, 0) is 73.5 Å². The molecule has 1 radical (unpaired) electrons. The van der Waals surface area contributed by atoms with E-state index in [9.17, 15) is 39.2 Å². The molecule has 0 bridgehead atoms. The van der Waals surface area contributed by atoms with E-state index in [-0.39, 0.29) is 34.3 Å². The minimum Gasteiger partial charge on any atom is -0.542 e. The summed E-state index contributed by atoms with van der Waals surface area (Å²) in [5.74, 6) is -15.6. The normalized spacial score (nSPS) is 23.6. The molecule has 1 aromatic rings. The second-order valence-corrected chi connectivity index (χ2v) is 24.5. The van der Waals surface area contributed by atoms with E-state index in [1.165, 1.54) is 0 Å². The summed E-state index contributed by atoms with van der Waals surface area (Å²) in [6.07, 6.45) is -7.23. The summed E-state index contributed by atoms with van der Waals surface area (Å²) in [6, 6.07) is 4.93. The van der Waals surface area contributed by atoms with Crippen molar-refractivity contribution in [2.24, 2.45) is 11.3 Å². The number of allylic oxidation sites excluding steroid dienone is 2. The van der Waals surface area contributed by atoms with Crippen molar-refractivity contribution in [3.05, 3.63) is 35.1 Å². The molecule has 0 spiro atoms. The van der Waals surface area contributed by atoms with Crippen molar-refractivity contribution >= 4 is 33.0 Å². The van der Waals surface area contributed by atoms with Gasteiger partial charge in [0.15, 0.2) is 8.32 Å². The van der Waals surface area contributed by atoms with Crippen LogP contribution in [0.3, 0.4) is 0 Å². The van der Waals surface area contributed by atoms with Crippen LogP contribution < -0.4 is 4.43 Å². The molecule has 0 saturated heterocycles. The van der Waals surface area contributed by atoms with E-state index in [2.05, 4.69) is 0 Å². The van der Waals surface area contributed by atoms with Crippen molar-refractivity contribution in [3.63, 3.8) is 0 Å². The Kier molecular flexibility index (Phi) is 10.8. The van der Waals surface area contributed by atoms with Gasteiger partial charge in [0.1, 0.15) is 11.5 Å². The molecule has 1 aromatic carbocycles. The number of benzene rings is 1. The molecule has 3 atom stereocenters. The van der Waals surface area contributed by atoms with E-state index in [4.69, 9.17) is 13.0 Å². The van der Waals surface area contributed by atoms with E-state index in [0.29, 0.717) is 12.8 Å². The summed E-state index contributed by atoms with van der Waals surface area (Å²) in [7, 11) is -11.2. The monoisotopic (exact) mass is 769 g/mol. The maximum absolute atomic E-state index is 15.0. The van der Waals surface area contributed by atoms with E-state index in [0.717, 1.165) is 5.56 Å². The van der Waals surface area contributed by atoms with Crippen molar-refractivity contribution < 1.29 is 61.0 Å². The predicted octanol–water partition coefficient (Wildman–Crippen LogP) is 10.7. The van der Waals surface area contributed by atoms with Crippen molar-refractivity contribution in [2.45, 2.75) is 140 Å². The van der Waals surface area contributed by atoms with E-state index >= 15 is 8.78 Å². The molecule has 0 aromatic heterocycles. The molecule has 2 aliphatic carbocycles. The van der Waals surface area contributed by atoms with Crippen LogP contribution in [0.4, 0.5) is 39.5 Å². The number of rotatable bonds is 10. The third-order valence-electron chi connectivity index (χ3n) is 10.1. The van der Waals surface area contributed by atoms with Crippen LogP contribution in [0.2, 0.25) is 31.2 Å². The maximum atomic E-state index is 15.0. The number of fused-ring (bicyclic) bond motifs is 1. The van der Waals surface area contributed by atoms with Crippen molar-refractivity contribution in [1.29, 1.82) is 0 Å². The Balaban J connectivity index is 2.29. The summed E-state index contributed by atoms with van der Waals surface area (Å²) in [5.41, 5.74) is -0.427. The lowest BCUT2D eigenvalue weighted by atomic mass is 9.67. The molecule has 49 heavy (non-hydrogen) atoms. The van der Waals surface area contributed by atoms with Gasteiger partial charge in [-0.1, -0.05) is 60.6 Å². The summed E-state index contributed by atoms with van der Waals surface area (Å²) in [6.45, 7) is 21.0. The number of hydrogen-bond acceptors (Lipinski definition) is 5. The van der Waals surface area contributed by atoms with Crippen LogP contribution >= 0.6 is 0 Å². The van der Waals surface area contributed by atoms with Crippen molar-refractivity contribution in [1.82, 2.24) is 0 Å². The van der Waals surface area contributed by atoms with E-state index in [1.54, 1.807) is 38.2 Å². The molecule has 1 saturated carbocycles. The molecular formula is C32H46F9O5SSi2. The molecule has 1 fully saturated rings. The van der Waals surface area contributed by atoms with Crippen LogP contribution in [-0.4, -0.2) is 55.2 Å². The number of hydrogen-bond donors (Lipinski definition) is 0. The molecule has 17 heteroatoms. The third-order valence-corrected chi connectivity index (χ3v) is 16.6. The van der Waals surface area contributed by atoms with Crippen LogP contribution in [0.25, 0.3) is 5.57 Å². The molecule has 0 amide bonds. The molecule has 2 aliphatic rings. The fourth-order valence-electron chi connectivity index (χ4n) is 5.99. The number of alkyl halides is 9. The first-order chi connectivity index (χ1) is 21.6. The van der Waals surface area contributed by atoms with Crippen LogP contribution in [0, 0.1) is 11.3 Å². The average Bonchev–Trinajstić information content (AvgIpc) is 3.19. The highest BCUT2D eigenvalue weighted by Gasteiger charge is 2.86. The Morgan fingerprint density at radius 2 is 1.43 bits per heavy atom. The van der Waals surface area contributed by atoms with Crippen LogP contribution in [0.15, 0.2) is 24.0 Å². The predicted molar refractivity (Wildman–Crippen MR) is 173 cm³/mol. The highest BCUT2D eigenvalue weighted by molar-refractivity contribution is 7.88. The molecule has 0 N–H and O–H groups in total. The molecule has 281 valence electrons. The molecular weight excluding hydrogens is 724 g/mol. The summed E-state index contributed by atoms with van der Waals surface area (Å²) in [4.78, 5) is 0. The lowest BCUT2D eigenvalue weighted by Gasteiger charge is -2.46. The first kappa shape index (κ1) is 41.7. The Morgan fingerprint density at radius 1 is 0.878 bits per heavy atom. The van der Waals surface area contributed by atoms with Gasteiger partial charge in [0.25, 0.3) is 9.04 Å². The van der Waals surface area contributed by atoms with Gasteiger partial charge in [-0.25, -0.2) is 0 Å². The van der Waals surface area contributed by atoms with Gasteiger partial charge in [0, 0.05) is 23.0 Å². The first-order valence-corrected chi connectivity index (χ1v) is 22.5. The zero-order valence-corrected chi connectivity index (χ0v) is 32.4. The maximum Gasteiger partial charge on any atom is 0.460 e. The highest BCUT2D eigenvalue weighted by Crippen LogP contribution is 2.60. The molecule has 0 aliphatic heterocycles. The van der Waals surface area contributed by atoms with Crippen LogP contribution in [0.5, 0.6) is 5.75 Å². The number of halogens is 9. The third kappa shape index (κ3) is 7.46. The van der Waals surface area contributed by atoms with Crippen LogP contribution in [-0.2, 0) is 24.1 Å². The first-order valence-electron chi connectivity index (χ1n) is 15.8. The van der Waals surface area contributed by atoms with Gasteiger partial charge in [-0.3, -0.25) is 0 Å². The van der Waals surface area contributed by atoms with Gasteiger partial charge in [-0.15, -0.1) is 0 Å². The lowest BCUT2D eigenvalue weighted by Crippen LogP contribution is -2.63. The zero-order chi connectivity index (χ0) is 38.2. The van der Waals surface area contributed by atoms with Gasteiger partial charge in [-0.2, -0.15) is 47.9 Å². The average molecular weight is 770 g/mol. The summed E-state index contributed by atoms with van der Waals surface area (Å²) in [5, 5.41) is -7.27. The fraction of sp³-hybridized carbons (Fsp3) is 0.750. The minimum absolute atomic E-state index is 0.0144. The largest absolute Gasteiger partial charge is 0.542 e. The second kappa shape index (κ2) is 12.7. The van der Waals surface area contributed by atoms with Crippen molar-refractivity contribution in [2.75, 3.05) is 0 Å².